The van der Waals surface area contributed by atoms with Crippen molar-refractivity contribution in [1.82, 2.24) is 15.3 Å². The first-order valence-corrected chi connectivity index (χ1v) is 16.0. The number of guanidine groups is 1. The van der Waals surface area contributed by atoms with Gasteiger partial charge in [0.1, 0.15) is 6.04 Å². The van der Waals surface area contributed by atoms with Gasteiger partial charge < -0.3 is 15.2 Å². The van der Waals surface area contributed by atoms with Crippen LogP contribution < -0.4 is 10.2 Å². The number of amides is 1. The number of carboxylic acids is 1. The van der Waals surface area contributed by atoms with Gasteiger partial charge in [0, 0.05) is 12.6 Å². The van der Waals surface area contributed by atoms with Crippen LogP contribution in [0.4, 0.5) is 50.0 Å². The monoisotopic (exact) mass is 739 g/mol. The molecular weight excluding hydrogens is 705 g/mol. The topological polar surface area (TPSA) is 107 Å². The fourth-order valence-electron chi connectivity index (χ4n) is 6.53. The van der Waals surface area contributed by atoms with Crippen LogP contribution in [0.25, 0.3) is 0 Å². The molecule has 280 valence electrons. The van der Waals surface area contributed by atoms with E-state index in [-0.39, 0.29) is 42.8 Å². The number of nitrogens with one attached hydrogen (secondary N) is 1. The number of carbonyl (C=O) groups excluding carboxylic acids is 1. The summed E-state index contributed by atoms with van der Waals surface area (Å²) >= 11 is 0. The number of fused-ring (bicyclic) bond motifs is 1. The van der Waals surface area contributed by atoms with Crippen LogP contribution >= 0.6 is 0 Å². The molecule has 3 heterocycles. The van der Waals surface area contributed by atoms with Crippen LogP contribution in [0.15, 0.2) is 41.4 Å². The molecule has 5 rings (SSSR count). The highest BCUT2D eigenvalue weighted by molar-refractivity contribution is 5.91. The molecule has 2 N–H and O–H groups in total. The quantitative estimate of drug-likeness (QED) is 0.274. The Morgan fingerprint density at radius 2 is 1.61 bits per heavy atom. The van der Waals surface area contributed by atoms with Gasteiger partial charge in [0.25, 0.3) is 0 Å². The summed E-state index contributed by atoms with van der Waals surface area (Å²) in [5.41, 5.74) is -4.56. The number of aliphatic carboxylic acids is 1. The summed E-state index contributed by atoms with van der Waals surface area (Å²) in [6.07, 6.45) is -15.9. The first kappa shape index (κ1) is 38.0. The van der Waals surface area contributed by atoms with Crippen LogP contribution in [0.2, 0.25) is 0 Å². The molecule has 2 aromatic carbocycles. The van der Waals surface area contributed by atoms with Crippen molar-refractivity contribution in [1.29, 1.82) is 0 Å². The Balaban J connectivity index is 1.55. The Hall–Kier alpha value is -4.26. The number of benzene rings is 2. The lowest BCUT2D eigenvalue weighted by molar-refractivity contribution is -0.150. The number of likely N-dealkylation sites (tertiary alicyclic amines) is 1. The van der Waals surface area contributed by atoms with E-state index >= 15 is 0 Å². The van der Waals surface area contributed by atoms with E-state index in [9.17, 15) is 54.2 Å². The number of aliphatic imine (C=N–C) groups is 1. The number of rotatable bonds is 8. The van der Waals surface area contributed by atoms with Crippen molar-refractivity contribution < 1.29 is 63.8 Å². The molecule has 1 fully saturated rings. The number of ether oxygens (including phenoxy) is 1. The van der Waals surface area contributed by atoms with Gasteiger partial charge in [0.2, 0.25) is 5.96 Å². The van der Waals surface area contributed by atoms with Crippen LogP contribution in [0, 0.1) is 0 Å². The van der Waals surface area contributed by atoms with E-state index in [1.165, 1.54) is 4.90 Å². The molecule has 10 nitrogen and oxygen atoms in total. The minimum absolute atomic E-state index is 0.00223. The second-order valence-electron chi connectivity index (χ2n) is 12.3. The van der Waals surface area contributed by atoms with Gasteiger partial charge in [-0.1, -0.05) is 6.92 Å². The maximum atomic E-state index is 13.9. The summed E-state index contributed by atoms with van der Waals surface area (Å²) in [5.74, 6) is -1.34. The van der Waals surface area contributed by atoms with Gasteiger partial charge in [-0.25, -0.2) is 19.7 Å². The molecule has 1 unspecified atom stereocenters. The van der Waals surface area contributed by atoms with Crippen molar-refractivity contribution in [2.45, 2.75) is 89.0 Å². The molecule has 1 amide bonds. The summed E-state index contributed by atoms with van der Waals surface area (Å²) in [5, 5.41) is 13.5. The van der Waals surface area contributed by atoms with Crippen LogP contribution in [0.5, 0.6) is 0 Å². The third kappa shape index (κ3) is 8.45. The largest absolute Gasteiger partial charge is 0.480 e. The fourth-order valence-corrected chi connectivity index (χ4v) is 6.53. The molecule has 4 atom stereocenters. The Morgan fingerprint density at radius 1 is 0.961 bits per heavy atom. The number of hydrogen-bond acceptors (Lipinski definition) is 8. The highest BCUT2D eigenvalue weighted by Gasteiger charge is 2.42. The van der Waals surface area contributed by atoms with Crippen molar-refractivity contribution in [3.05, 3.63) is 64.2 Å². The zero-order valence-electron chi connectivity index (χ0n) is 27.2. The normalized spacial score (nSPS) is 22.9. The first-order chi connectivity index (χ1) is 23.8. The smallest absolute Gasteiger partial charge is 0.416 e. The van der Waals surface area contributed by atoms with Gasteiger partial charge in [-0.05, 0) is 86.7 Å². The van der Waals surface area contributed by atoms with Gasteiger partial charge in [-0.2, -0.15) is 39.5 Å². The minimum atomic E-state index is -5.14. The van der Waals surface area contributed by atoms with Gasteiger partial charge in [0.05, 0.1) is 41.6 Å². The van der Waals surface area contributed by atoms with Crippen molar-refractivity contribution in [3.8, 4) is 0 Å². The Labute approximate surface area is 285 Å². The number of carbonyl (C=O) groups is 2. The Kier molecular flexibility index (Phi) is 10.7. The molecular formula is C32H34F9N5O5. The molecule has 0 radical (unpaired) electrons. The van der Waals surface area contributed by atoms with Gasteiger partial charge in [0.15, 0.2) is 6.23 Å². The number of halogens is 9. The lowest BCUT2D eigenvalue weighted by atomic mass is 9.89. The van der Waals surface area contributed by atoms with Crippen molar-refractivity contribution in [3.63, 3.8) is 0 Å². The zero-order valence-corrected chi connectivity index (χ0v) is 27.2. The lowest BCUT2D eigenvalue weighted by Crippen LogP contribution is -2.49. The van der Waals surface area contributed by atoms with Gasteiger partial charge in [-0.3, -0.25) is 14.6 Å². The van der Waals surface area contributed by atoms with E-state index in [0.717, 1.165) is 23.3 Å². The van der Waals surface area contributed by atoms with E-state index in [4.69, 9.17) is 9.57 Å². The SMILES string of the molecule is CCOC(=O)N1c2ccc(C(F)(F)F)cc2[C@@H](NC2=NC(CN3CCC[C@H]3C(=O)O)ON2Cc2cc(C(F)(F)F)cc(C(F)(F)F)c2)C[C@H]1CC. The molecule has 3 aliphatic heterocycles. The van der Waals surface area contributed by atoms with E-state index in [0.29, 0.717) is 37.9 Å². The molecule has 1 saturated heterocycles. The molecule has 0 spiro atoms. The number of nitrogens with zero attached hydrogens (tertiary/aromatic N) is 4. The highest BCUT2D eigenvalue weighted by Crippen LogP contribution is 2.43. The van der Waals surface area contributed by atoms with Crippen LogP contribution in [-0.2, 0) is 39.4 Å². The van der Waals surface area contributed by atoms with Gasteiger partial charge >= 0.3 is 30.6 Å². The Bertz CT molecular complexity index is 1620. The molecule has 0 aromatic heterocycles. The van der Waals surface area contributed by atoms with Crippen molar-refractivity contribution >= 4 is 23.7 Å². The van der Waals surface area contributed by atoms with E-state index < -0.39 is 83.7 Å². The maximum Gasteiger partial charge on any atom is 0.416 e. The lowest BCUT2D eigenvalue weighted by Gasteiger charge is -2.41. The van der Waals surface area contributed by atoms with E-state index in [2.05, 4.69) is 10.3 Å². The minimum Gasteiger partial charge on any atom is -0.480 e. The standard InChI is InChI=1S/C32H34F9N5O5/c1-3-21-14-23(22-13-18(30(33,34)35)7-8-24(22)46(21)29(49)50-4-2)42-28-43-26(16-44-9-5-6-25(44)27(47)48)51-45(28)15-17-10-19(31(36,37)38)12-20(11-17)32(39,40)41/h7-8,10-13,21,23,25-26H,3-6,9,14-16H2,1-2H3,(H,42,43)(H,47,48)/t21-,23+,25+,26?/m1/s1. The van der Waals surface area contributed by atoms with E-state index in [1.807, 2.05) is 0 Å². The third-order valence-corrected chi connectivity index (χ3v) is 8.87. The third-order valence-electron chi connectivity index (χ3n) is 8.87. The average molecular weight is 740 g/mol. The summed E-state index contributed by atoms with van der Waals surface area (Å²) in [7, 11) is 0. The van der Waals surface area contributed by atoms with Crippen molar-refractivity contribution in [2.75, 3.05) is 24.6 Å². The second-order valence-corrected chi connectivity index (χ2v) is 12.3. The Morgan fingerprint density at radius 3 is 2.18 bits per heavy atom. The predicted molar refractivity (Wildman–Crippen MR) is 162 cm³/mol. The molecule has 0 bridgehead atoms. The second kappa shape index (κ2) is 14.4. The number of anilines is 1. The highest BCUT2D eigenvalue weighted by atomic mass is 19.4. The molecule has 0 aliphatic carbocycles. The first-order valence-electron chi connectivity index (χ1n) is 16.0. The van der Waals surface area contributed by atoms with E-state index in [1.54, 1.807) is 18.7 Å². The van der Waals surface area contributed by atoms with Crippen LogP contribution in [-0.4, -0.2) is 71.1 Å². The molecule has 2 aromatic rings. The van der Waals surface area contributed by atoms with Crippen LogP contribution in [0.1, 0.15) is 73.4 Å². The fraction of sp³-hybridized carbons (Fsp3) is 0.531. The summed E-state index contributed by atoms with van der Waals surface area (Å²) in [4.78, 5) is 37.9. The zero-order chi connectivity index (χ0) is 37.5. The summed E-state index contributed by atoms with van der Waals surface area (Å²) in [6.45, 7) is 2.79. The summed E-state index contributed by atoms with van der Waals surface area (Å²) in [6, 6.07) is 1.25. The number of hydroxylamine groups is 2. The number of hydrogen-bond donors (Lipinski definition) is 2. The number of carboxylic acid groups (broad SMARTS) is 1. The molecule has 51 heavy (non-hydrogen) atoms. The van der Waals surface area contributed by atoms with Gasteiger partial charge in [-0.15, -0.1) is 0 Å². The average Bonchev–Trinajstić information content (AvgIpc) is 3.65. The predicted octanol–water partition coefficient (Wildman–Crippen LogP) is 7.20. The molecule has 3 aliphatic rings. The summed E-state index contributed by atoms with van der Waals surface area (Å²) < 4.78 is 129. The maximum absolute atomic E-state index is 13.9. The van der Waals surface area contributed by atoms with Crippen molar-refractivity contribution in [2.24, 2.45) is 4.99 Å². The van der Waals surface area contributed by atoms with Crippen LogP contribution in [0.3, 0.4) is 0 Å². The molecule has 0 saturated carbocycles. The number of alkyl halides is 9. The molecule has 19 heteroatoms.